The monoisotopic (exact) mass is 307 g/mol. The van der Waals surface area contributed by atoms with Gasteiger partial charge in [-0.15, -0.1) is 0 Å². The van der Waals surface area contributed by atoms with E-state index in [2.05, 4.69) is 9.97 Å². The van der Waals surface area contributed by atoms with Crippen molar-refractivity contribution < 1.29 is 9.53 Å². The number of H-pyrrole nitrogens is 1. The van der Waals surface area contributed by atoms with Crippen LogP contribution in [-0.2, 0) is 15.3 Å². The normalized spacial score (nSPS) is 12.3. The molecule has 1 atom stereocenters. The Balaban J connectivity index is 1.98. The van der Waals surface area contributed by atoms with Gasteiger partial charge >= 0.3 is 5.97 Å². The van der Waals surface area contributed by atoms with Crippen molar-refractivity contribution in [1.29, 1.82) is 0 Å². The summed E-state index contributed by atoms with van der Waals surface area (Å²) in [6.07, 6.45) is 0. The molecule has 112 valence electrons. The topological polar surface area (TPSA) is 98.1 Å². The molecule has 0 spiro atoms. The van der Waals surface area contributed by atoms with E-state index in [1.807, 2.05) is 6.07 Å². The number of nitrogens with one attached hydrogen (secondary N) is 1. The molecule has 0 aliphatic rings. The molecular formula is C14H17N3O3S. The first-order valence-electron chi connectivity index (χ1n) is 6.59. The first kappa shape index (κ1) is 15.5. The maximum atomic E-state index is 11.9. The molecule has 0 aliphatic heterocycles. The summed E-state index contributed by atoms with van der Waals surface area (Å²) in [5.74, 6) is 1.05. The Morgan fingerprint density at radius 1 is 1.48 bits per heavy atom. The van der Waals surface area contributed by atoms with E-state index in [0.717, 1.165) is 0 Å². The number of carbonyl (C=O) groups excluding carboxylic acids is 1. The number of para-hydroxylation sites is 1. The van der Waals surface area contributed by atoms with Gasteiger partial charge in [-0.05, 0) is 19.1 Å². The van der Waals surface area contributed by atoms with Crippen LogP contribution < -0.4 is 11.3 Å². The van der Waals surface area contributed by atoms with Crippen molar-refractivity contribution >= 4 is 28.6 Å². The zero-order chi connectivity index (χ0) is 15.2. The molecule has 0 saturated heterocycles. The molecule has 21 heavy (non-hydrogen) atoms. The molecular weight excluding hydrogens is 290 g/mol. The van der Waals surface area contributed by atoms with E-state index in [9.17, 15) is 9.59 Å². The molecule has 3 N–H and O–H groups in total. The molecule has 0 amide bonds. The number of fused-ring (bicyclic) bond motifs is 1. The van der Waals surface area contributed by atoms with Crippen LogP contribution >= 0.6 is 11.8 Å². The van der Waals surface area contributed by atoms with E-state index in [0.29, 0.717) is 34.8 Å². The molecule has 1 aromatic heterocycles. The minimum Gasteiger partial charge on any atom is -0.465 e. The van der Waals surface area contributed by atoms with Crippen LogP contribution in [0.15, 0.2) is 29.1 Å². The second-order valence-corrected chi connectivity index (χ2v) is 5.43. The highest BCUT2D eigenvalue weighted by molar-refractivity contribution is 7.98. The Morgan fingerprint density at radius 3 is 3.00 bits per heavy atom. The van der Waals surface area contributed by atoms with Crippen LogP contribution in [0.3, 0.4) is 0 Å². The van der Waals surface area contributed by atoms with Crippen LogP contribution in [0.25, 0.3) is 10.9 Å². The van der Waals surface area contributed by atoms with Crippen molar-refractivity contribution in [3.8, 4) is 0 Å². The smallest absolute Gasteiger partial charge is 0.323 e. The molecule has 1 heterocycles. The van der Waals surface area contributed by atoms with E-state index < -0.39 is 12.0 Å². The van der Waals surface area contributed by atoms with Crippen molar-refractivity contribution in [1.82, 2.24) is 9.97 Å². The zero-order valence-electron chi connectivity index (χ0n) is 11.7. The Bertz CT molecular complexity index is 686. The molecule has 1 aromatic carbocycles. The summed E-state index contributed by atoms with van der Waals surface area (Å²) >= 11 is 1.43. The second-order valence-electron chi connectivity index (χ2n) is 4.40. The standard InChI is InChI=1S/C14H17N3O3S/c1-2-20-14(19)10(15)7-21-8-12-16-11-6-4-3-5-9(11)13(18)17-12/h3-6,10H,2,7-8,15H2,1H3,(H,16,17,18). The molecule has 2 rings (SSSR count). The number of nitrogens with two attached hydrogens (primary N) is 1. The van der Waals surface area contributed by atoms with Crippen molar-refractivity contribution in [3.05, 3.63) is 40.4 Å². The van der Waals surface area contributed by atoms with Gasteiger partial charge < -0.3 is 15.5 Å². The lowest BCUT2D eigenvalue weighted by atomic mass is 10.2. The van der Waals surface area contributed by atoms with Crippen LogP contribution in [0.5, 0.6) is 0 Å². The Hall–Kier alpha value is -1.86. The van der Waals surface area contributed by atoms with Crippen molar-refractivity contribution in [3.63, 3.8) is 0 Å². The lowest BCUT2D eigenvalue weighted by Crippen LogP contribution is -2.34. The van der Waals surface area contributed by atoms with Gasteiger partial charge in [-0.1, -0.05) is 12.1 Å². The largest absolute Gasteiger partial charge is 0.465 e. The third-order valence-electron chi connectivity index (χ3n) is 2.79. The molecule has 6 nitrogen and oxygen atoms in total. The molecule has 1 unspecified atom stereocenters. The number of hydrogen-bond donors (Lipinski definition) is 2. The number of esters is 1. The van der Waals surface area contributed by atoms with Crippen LogP contribution in [0.2, 0.25) is 0 Å². The van der Waals surface area contributed by atoms with Gasteiger partial charge in [0.15, 0.2) is 0 Å². The lowest BCUT2D eigenvalue weighted by molar-refractivity contribution is -0.144. The summed E-state index contributed by atoms with van der Waals surface area (Å²) in [5, 5.41) is 0.564. The number of benzene rings is 1. The van der Waals surface area contributed by atoms with Crippen LogP contribution in [-0.4, -0.2) is 34.3 Å². The molecule has 0 saturated carbocycles. The van der Waals surface area contributed by atoms with Gasteiger partial charge in [0.25, 0.3) is 5.56 Å². The van der Waals surface area contributed by atoms with Crippen LogP contribution in [0.1, 0.15) is 12.7 Å². The highest BCUT2D eigenvalue weighted by Gasteiger charge is 2.14. The van der Waals surface area contributed by atoms with Gasteiger partial charge in [0, 0.05) is 5.75 Å². The first-order chi connectivity index (χ1) is 10.1. The average molecular weight is 307 g/mol. The average Bonchev–Trinajstić information content (AvgIpc) is 2.47. The van der Waals surface area contributed by atoms with E-state index in [1.165, 1.54) is 11.8 Å². The first-order valence-corrected chi connectivity index (χ1v) is 7.75. The SMILES string of the molecule is CCOC(=O)C(N)CSCc1nc2ccccc2c(=O)[nH]1. The molecule has 7 heteroatoms. The van der Waals surface area contributed by atoms with Gasteiger partial charge in [0.05, 0.1) is 23.3 Å². The van der Waals surface area contributed by atoms with E-state index in [4.69, 9.17) is 10.5 Å². The van der Waals surface area contributed by atoms with Gasteiger partial charge in [-0.2, -0.15) is 11.8 Å². The highest BCUT2D eigenvalue weighted by Crippen LogP contribution is 2.12. The predicted octanol–water partition coefficient (Wildman–Crippen LogP) is 1.05. The fourth-order valence-electron chi connectivity index (χ4n) is 1.80. The number of aromatic amines is 1. The number of rotatable bonds is 6. The van der Waals surface area contributed by atoms with Crippen LogP contribution in [0.4, 0.5) is 0 Å². The summed E-state index contributed by atoms with van der Waals surface area (Å²) in [6, 6.07) is 6.49. The number of carbonyl (C=O) groups is 1. The molecule has 2 aromatic rings. The Kier molecular flexibility index (Phi) is 5.35. The Morgan fingerprint density at radius 2 is 2.24 bits per heavy atom. The summed E-state index contributed by atoms with van der Waals surface area (Å²) in [4.78, 5) is 30.4. The predicted molar refractivity (Wildman–Crippen MR) is 83.1 cm³/mol. The van der Waals surface area contributed by atoms with Crippen molar-refractivity contribution in [2.24, 2.45) is 5.73 Å². The molecule has 0 radical (unpaired) electrons. The molecule has 0 bridgehead atoms. The number of aromatic nitrogens is 2. The maximum Gasteiger partial charge on any atom is 0.323 e. The minimum absolute atomic E-state index is 0.161. The lowest BCUT2D eigenvalue weighted by Gasteiger charge is -2.09. The van der Waals surface area contributed by atoms with E-state index in [1.54, 1.807) is 25.1 Å². The van der Waals surface area contributed by atoms with Crippen LogP contribution in [0, 0.1) is 0 Å². The third kappa shape index (κ3) is 4.05. The summed E-state index contributed by atoms with van der Waals surface area (Å²) in [5.41, 5.74) is 6.20. The van der Waals surface area contributed by atoms with Gasteiger partial charge in [-0.3, -0.25) is 9.59 Å². The summed E-state index contributed by atoms with van der Waals surface area (Å²) in [6.45, 7) is 2.05. The summed E-state index contributed by atoms with van der Waals surface area (Å²) < 4.78 is 4.83. The molecule has 0 aliphatic carbocycles. The van der Waals surface area contributed by atoms with Gasteiger partial charge in [0.2, 0.25) is 0 Å². The van der Waals surface area contributed by atoms with Crippen molar-refractivity contribution in [2.45, 2.75) is 18.7 Å². The number of ether oxygens (including phenoxy) is 1. The highest BCUT2D eigenvalue weighted by atomic mass is 32.2. The Labute approximate surface area is 126 Å². The van der Waals surface area contributed by atoms with Crippen molar-refractivity contribution in [2.75, 3.05) is 12.4 Å². The maximum absolute atomic E-state index is 11.9. The third-order valence-corrected chi connectivity index (χ3v) is 3.86. The fraction of sp³-hybridized carbons (Fsp3) is 0.357. The molecule has 0 fully saturated rings. The van der Waals surface area contributed by atoms with Gasteiger partial charge in [0.1, 0.15) is 11.9 Å². The summed E-state index contributed by atoms with van der Waals surface area (Å²) in [7, 11) is 0. The quantitative estimate of drug-likeness (QED) is 0.774. The van der Waals surface area contributed by atoms with Gasteiger partial charge in [-0.25, -0.2) is 4.98 Å². The van der Waals surface area contributed by atoms with E-state index in [-0.39, 0.29) is 5.56 Å². The number of nitrogens with zero attached hydrogens (tertiary/aromatic N) is 1. The second kappa shape index (κ2) is 7.24. The minimum atomic E-state index is -0.665. The number of thioether (sulfide) groups is 1. The number of hydrogen-bond acceptors (Lipinski definition) is 6. The zero-order valence-corrected chi connectivity index (χ0v) is 12.5. The fourth-order valence-corrected chi connectivity index (χ4v) is 2.64. The van der Waals surface area contributed by atoms with E-state index >= 15 is 0 Å².